The van der Waals surface area contributed by atoms with Crippen molar-refractivity contribution < 1.29 is 14.3 Å². The molecule has 0 unspecified atom stereocenters. The number of nitrogens with one attached hydrogen (secondary N) is 1. The van der Waals surface area contributed by atoms with E-state index in [9.17, 15) is 4.79 Å². The molecule has 3 atom stereocenters. The maximum absolute atomic E-state index is 12.2. The molecule has 0 bridgehead atoms. The molecule has 2 heterocycles. The highest BCUT2D eigenvalue weighted by molar-refractivity contribution is 5.77. The first-order valence-electron chi connectivity index (χ1n) is 9.57. The van der Waals surface area contributed by atoms with Gasteiger partial charge in [0, 0.05) is 25.2 Å². The van der Waals surface area contributed by atoms with Gasteiger partial charge in [0.15, 0.2) is 6.61 Å². The monoisotopic (exact) mass is 366 g/mol. The van der Waals surface area contributed by atoms with E-state index in [1.807, 2.05) is 49.4 Å². The molecule has 0 spiro atoms. The average molecular weight is 366 g/mol. The fraction of sp³-hybridized carbons (Fsp3) is 0.409. The Balaban J connectivity index is 1.25. The summed E-state index contributed by atoms with van der Waals surface area (Å²) in [6.07, 6.45) is 1.04. The topological polar surface area (TPSA) is 50.8 Å². The summed E-state index contributed by atoms with van der Waals surface area (Å²) in [7, 11) is 0. The van der Waals surface area contributed by atoms with E-state index in [0.29, 0.717) is 12.6 Å². The number of benzene rings is 2. The lowest BCUT2D eigenvalue weighted by molar-refractivity contribution is -0.123. The first-order chi connectivity index (χ1) is 13.2. The second-order valence-corrected chi connectivity index (χ2v) is 7.44. The Bertz CT molecular complexity index is 763. The Morgan fingerprint density at radius 2 is 1.93 bits per heavy atom. The molecule has 2 fully saturated rings. The first-order valence-corrected chi connectivity index (χ1v) is 9.57. The molecule has 5 nitrogen and oxygen atoms in total. The fourth-order valence-electron chi connectivity index (χ4n) is 3.90. The molecule has 1 amide bonds. The molecule has 2 aliphatic heterocycles. The third-order valence-electron chi connectivity index (χ3n) is 5.35. The maximum Gasteiger partial charge on any atom is 0.258 e. The van der Waals surface area contributed by atoms with Gasteiger partial charge in [-0.3, -0.25) is 9.69 Å². The lowest BCUT2D eigenvalue weighted by Gasteiger charge is -2.35. The Labute approximate surface area is 160 Å². The van der Waals surface area contributed by atoms with Crippen LogP contribution in [0.15, 0.2) is 54.6 Å². The van der Waals surface area contributed by atoms with E-state index in [2.05, 4.69) is 22.3 Å². The molecule has 2 aromatic rings. The fourth-order valence-corrected chi connectivity index (χ4v) is 3.90. The Morgan fingerprint density at radius 1 is 1.15 bits per heavy atom. The van der Waals surface area contributed by atoms with Crippen LogP contribution in [0, 0.1) is 6.92 Å². The second-order valence-electron chi connectivity index (χ2n) is 7.44. The van der Waals surface area contributed by atoms with E-state index in [1.54, 1.807) is 0 Å². The van der Waals surface area contributed by atoms with Crippen molar-refractivity contribution in [2.75, 3.05) is 26.3 Å². The van der Waals surface area contributed by atoms with Gasteiger partial charge in [0.05, 0.1) is 12.7 Å². The highest BCUT2D eigenvalue weighted by atomic mass is 16.5. The largest absolute Gasteiger partial charge is 0.484 e. The smallest absolute Gasteiger partial charge is 0.258 e. The lowest BCUT2D eigenvalue weighted by atomic mass is 10.1. The van der Waals surface area contributed by atoms with Crippen LogP contribution >= 0.6 is 0 Å². The Hall–Kier alpha value is -2.37. The van der Waals surface area contributed by atoms with Gasteiger partial charge in [-0.1, -0.05) is 48.0 Å². The molecule has 0 aliphatic carbocycles. The van der Waals surface area contributed by atoms with Crippen LogP contribution in [0.25, 0.3) is 0 Å². The zero-order chi connectivity index (χ0) is 18.6. The summed E-state index contributed by atoms with van der Waals surface area (Å²) in [4.78, 5) is 14.7. The van der Waals surface area contributed by atoms with Gasteiger partial charge in [0.1, 0.15) is 5.75 Å². The molecule has 4 rings (SSSR count). The van der Waals surface area contributed by atoms with Crippen molar-refractivity contribution in [3.63, 3.8) is 0 Å². The summed E-state index contributed by atoms with van der Waals surface area (Å²) in [6.45, 7) is 4.53. The molecule has 1 N–H and O–H groups in total. The van der Waals surface area contributed by atoms with Crippen LogP contribution in [0.2, 0.25) is 0 Å². The molecule has 5 heteroatoms. The number of fused-ring (bicyclic) bond motifs is 1. The van der Waals surface area contributed by atoms with Gasteiger partial charge < -0.3 is 14.8 Å². The third-order valence-corrected chi connectivity index (χ3v) is 5.35. The van der Waals surface area contributed by atoms with E-state index in [1.165, 1.54) is 11.1 Å². The quantitative estimate of drug-likeness (QED) is 0.884. The number of morpholine rings is 1. The van der Waals surface area contributed by atoms with E-state index in [4.69, 9.17) is 9.47 Å². The van der Waals surface area contributed by atoms with Gasteiger partial charge in [-0.05, 0) is 31.0 Å². The molecular weight excluding hydrogens is 340 g/mol. The van der Waals surface area contributed by atoms with Crippen LogP contribution < -0.4 is 10.1 Å². The zero-order valence-electron chi connectivity index (χ0n) is 15.6. The van der Waals surface area contributed by atoms with Crippen LogP contribution in [0.4, 0.5) is 0 Å². The first kappa shape index (κ1) is 18.0. The molecule has 2 aliphatic rings. The zero-order valence-corrected chi connectivity index (χ0v) is 15.6. The molecule has 0 saturated carbocycles. The van der Waals surface area contributed by atoms with Gasteiger partial charge >= 0.3 is 0 Å². The van der Waals surface area contributed by atoms with Crippen LogP contribution in [-0.4, -0.2) is 49.2 Å². The van der Waals surface area contributed by atoms with E-state index < -0.39 is 0 Å². The molecule has 2 saturated heterocycles. The minimum atomic E-state index is -0.0686. The predicted octanol–water partition coefficient (Wildman–Crippen LogP) is 2.70. The number of hydrogen-bond acceptors (Lipinski definition) is 4. The summed E-state index contributed by atoms with van der Waals surface area (Å²) in [5.41, 5.74) is 2.39. The highest BCUT2D eigenvalue weighted by Crippen LogP contribution is 2.30. The van der Waals surface area contributed by atoms with Crippen LogP contribution in [0.5, 0.6) is 5.75 Å². The van der Waals surface area contributed by atoms with Crippen molar-refractivity contribution in [1.29, 1.82) is 0 Å². The van der Waals surface area contributed by atoms with Crippen LogP contribution in [-0.2, 0) is 9.53 Å². The second kappa shape index (κ2) is 8.11. The van der Waals surface area contributed by atoms with E-state index in [-0.39, 0.29) is 24.7 Å². The number of ether oxygens (including phenoxy) is 2. The lowest BCUT2D eigenvalue weighted by Crippen LogP contribution is -2.43. The maximum atomic E-state index is 12.2. The van der Waals surface area contributed by atoms with Crippen molar-refractivity contribution in [1.82, 2.24) is 10.2 Å². The number of aryl methyl sites for hydroxylation is 1. The van der Waals surface area contributed by atoms with Crippen LogP contribution in [0.1, 0.15) is 23.7 Å². The van der Waals surface area contributed by atoms with Gasteiger partial charge in [-0.15, -0.1) is 0 Å². The molecule has 0 radical (unpaired) electrons. The summed E-state index contributed by atoms with van der Waals surface area (Å²) in [5.74, 6) is 0.652. The SMILES string of the molecule is Cc1ccc(OCC(=O)N[C@@H]2C[C@H]3CO[C@@H](c4ccccc4)CN3C2)cc1. The van der Waals surface area contributed by atoms with Gasteiger partial charge in [0.2, 0.25) is 0 Å². The molecule has 0 aromatic heterocycles. The highest BCUT2D eigenvalue weighted by Gasteiger charge is 2.38. The van der Waals surface area contributed by atoms with Crippen molar-refractivity contribution in [3.05, 3.63) is 65.7 Å². The number of amides is 1. The summed E-state index contributed by atoms with van der Waals surface area (Å²) in [6, 6.07) is 18.6. The number of hydrogen-bond donors (Lipinski definition) is 1. The normalized spacial score (nSPS) is 25.0. The van der Waals surface area contributed by atoms with Gasteiger partial charge in [-0.25, -0.2) is 0 Å². The van der Waals surface area contributed by atoms with Gasteiger partial charge in [-0.2, -0.15) is 0 Å². The number of rotatable bonds is 5. The minimum Gasteiger partial charge on any atom is -0.484 e. The number of carbonyl (C=O) groups is 1. The van der Waals surface area contributed by atoms with E-state index >= 15 is 0 Å². The van der Waals surface area contributed by atoms with Crippen molar-refractivity contribution in [2.24, 2.45) is 0 Å². The van der Waals surface area contributed by atoms with Crippen molar-refractivity contribution in [2.45, 2.75) is 31.5 Å². The molecule has 27 heavy (non-hydrogen) atoms. The van der Waals surface area contributed by atoms with Gasteiger partial charge in [0.25, 0.3) is 5.91 Å². The predicted molar refractivity (Wildman–Crippen MR) is 104 cm³/mol. The minimum absolute atomic E-state index is 0.0490. The summed E-state index contributed by atoms with van der Waals surface area (Å²) >= 11 is 0. The third kappa shape index (κ3) is 4.49. The standard InChI is InChI=1S/C22H26N2O3/c1-16-7-9-20(10-8-16)26-15-22(25)23-18-11-19-14-27-21(13-24(19)12-18)17-5-3-2-4-6-17/h2-10,18-19,21H,11-15H2,1H3,(H,23,25)/t18-,19+,21-/m1/s1. The Morgan fingerprint density at radius 3 is 2.70 bits per heavy atom. The Kier molecular flexibility index (Phi) is 5.41. The molecular formula is C22H26N2O3. The van der Waals surface area contributed by atoms with Crippen LogP contribution in [0.3, 0.4) is 0 Å². The number of nitrogens with zero attached hydrogens (tertiary/aromatic N) is 1. The summed E-state index contributed by atoms with van der Waals surface area (Å²) < 4.78 is 11.6. The molecule has 2 aromatic carbocycles. The summed E-state index contributed by atoms with van der Waals surface area (Å²) in [5, 5.41) is 3.11. The van der Waals surface area contributed by atoms with E-state index in [0.717, 1.165) is 25.3 Å². The average Bonchev–Trinajstić information content (AvgIpc) is 3.09. The number of carbonyl (C=O) groups excluding carboxylic acids is 1. The van der Waals surface area contributed by atoms with Crippen molar-refractivity contribution >= 4 is 5.91 Å². The molecule has 142 valence electrons. The van der Waals surface area contributed by atoms with Crippen molar-refractivity contribution in [3.8, 4) is 5.75 Å².